The third kappa shape index (κ3) is 6.02. The van der Waals surface area contributed by atoms with Crippen molar-refractivity contribution in [3.63, 3.8) is 0 Å². The molecule has 0 aliphatic carbocycles. The number of carbonyl (C=O) groups excluding carboxylic acids is 1. The molecule has 11 heteroatoms. The van der Waals surface area contributed by atoms with Gasteiger partial charge in [0.05, 0.1) is 23.7 Å². The second-order valence-corrected chi connectivity index (χ2v) is 11.4. The molecule has 0 atom stereocenters. The first kappa shape index (κ1) is 30.8. The van der Waals surface area contributed by atoms with Crippen LogP contribution >= 0.6 is 0 Å². The van der Waals surface area contributed by atoms with Gasteiger partial charge in [0.15, 0.2) is 17.3 Å². The van der Waals surface area contributed by atoms with Gasteiger partial charge in [0.1, 0.15) is 41.6 Å². The lowest BCUT2D eigenvalue weighted by Crippen LogP contribution is -2.25. The minimum Gasteiger partial charge on any atom is -0.493 e. The summed E-state index contributed by atoms with van der Waals surface area (Å²) in [7, 11) is 1.56. The van der Waals surface area contributed by atoms with Crippen molar-refractivity contribution in [2.75, 3.05) is 7.11 Å². The molecule has 9 nitrogen and oxygen atoms in total. The quantitative estimate of drug-likeness (QED) is 0.148. The summed E-state index contributed by atoms with van der Waals surface area (Å²) in [4.78, 5) is 35.9. The van der Waals surface area contributed by atoms with E-state index >= 15 is 0 Å². The molecule has 0 fully saturated rings. The molecule has 2 aromatic heterocycles. The number of methoxy groups -OCH3 is 1. The van der Waals surface area contributed by atoms with E-state index < -0.39 is 23.0 Å². The normalized spacial score (nSPS) is 12.5. The first-order valence-corrected chi connectivity index (χ1v) is 15.5. The Kier molecular flexibility index (Phi) is 8.41. The summed E-state index contributed by atoms with van der Waals surface area (Å²) in [5, 5.41) is 0.616. The third-order valence-corrected chi connectivity index (χ3v) is 8.32. The van der Waals surface area contributed by atoms with Crippen molar-refractivity contribution in [3.05, 3.63) is 136 Å². The van der Waals surface area contributed by atoms with Crippen LogP contribution in [-0.2, 0) is 26.0 Å². The Labute approximate surface area is 274 Å². The third-order valence-electron chi connectivity index (χ3n) is 8.32. The number of fused-ring (bicyclic) bond motifs is 2. The number of carbonyl (C=O) groups is 1. The van der Waals surface area contributed by atoms with Gasteiger partial charge in [-0.1, -0.05) is 42.5 Å². The lowest BCUT2D eigenvalue weighted by molar-refractivity contribution is 0.0990. The number of benzene rings is 4. The predicted molar refractivity (Wildman–Crippen MR) is 174 cm³/mol. The Morgan fingerprint density at radius 2 is 1.71 bits per heavy atom. The Hall–Kier alpha value is -5.84. The van der Waals surface area contributed by atoms with Crippen LogP contribution in [0, 0.1) is 11.6 Å². The lowest BCUT2D eigenvalue weighted by Gasteiger charge is -2.19. The van der Waals surface area contributed by atoms with Gasteiger partial charge in [0, 0.05) is 25.1 Å². The number of rotatable bonds is 10. The SMILES string of the molecule is COc1cc2c(Oc3ccc(CC(=O)c4c5n(n(-c6cc(F)ccc6F)c4=O)CCCC5)cc3)ncnc2cc1OCc1ccccc1. The molecule has 1 aliphatic heterocycles. The summed E-state index contributed by atoms with van der Waals surface area (Å²) in [6.45, 7) is 0.784. The molecule has 0 bridgehead atoms. The fourth-order valence-corrected chi connectivity index (χ4v) is 5.99. The van der Waals surface area contributed by atoms with Crippen molar-refractivity contribution in [3.8, 4) is 28.8 Å². The summed E-state index contributed by atoms with van der Waals surface area (Å²) in [5.74, 6) is -0.00259. The summed E-state index contributed by atoms with van der Waals surface area (Å²) in [6, 6.07) is 23.2. The number of halogens is 2. The monoisotopic (exact) mass is 648 g/mol. The average molecular weight is 649 g/mol. The zero-order chi connectivity index (χ0) is 33.2. The summed E-state index contributed by atoms with van der Waals surface area (Å²) in [6.07, 6.45) is 3.37. The Bertz CT molecular complexity index is 2200. The molecule has 3 heterocycles. The largest absolute Gasteiger partial charge is 0.493 e. The molecule has 48 heavy (non-hydrogen) atoms. The minimum atomic E-state index is -0.745. The molecule has 0 spiro atoms. The minimum absolute atomic E-state index is 0.00667. The highest BCUT2D eigenvalue weighted by Gasteiger charge is 2.28. The molecule has 1 aliphatic rings. The molecular formula is C37H30F2N4O5. The van der Waals surface area contributed by atoms with Crippen LogP contribution in [0.25, 0.3) is 16.6 Å². The smallest absolute Gasteiger partial charge is 0.282 e. The van der Waals surface area contributed by atoms with E-state index in [2.05, 4.69) is 9.97 Å². The highest BCUT2D eigenvalue weighted by molar-refractivity contribution is 5.98. The molecule has 0 amide bonds. The Morgan fingerprint density at radius 1 is 0.896 bits per heavy atom. The fraction of sp³-hybridized carbons (Fsp3) is 0.189. The van der Waals surface area contributed by atoms with Gasteiger partial charge in [-0.3, -0.25) is 14.3 Å². The van der Waals surface area contributed by atoms with Crippen LogP contribution in [-0.4, -0.2) is 32.2 Å². The van der Waals surface area contributed by atoms with Crippen LogP contribution in [0.4, 0.5) is 8.78 Å². The second kappa shape index (κ2) is 13.1. The van der Waals surface area contributed by atoms with E-state index in [0.717, 1.165) is 41.3 Å². The number of ketones is 1. The predicted octanol–water partition coefficient (Wildman–Crippen LogP) is 7.00. The standard InChI is InChI=1S/C37H30F2N4O5/c1-46-33-19-27-29(20-34(33)47-21-24-7-3-2-4-8-24)40-22-41-36(27)48-26-13-10-23(11-14-26)17-32(44)35-30-9-5-6-16-42(30)43(37(35)45)31-18-25(38)12-15-28(31)39/h2-4,7-8,10-15,18-20,22H,5-6,9,16-17,21H2,1H3. The maximum atomic E-state index is 14.7. The maximum Gasteiger partial charge on any atom is 0.282 e. The number of hydrogen-bond donors (Lipinski definition) is 0. The van der Waals surface area contributed by atoms with Crippen LogP contribution in [0.5, 0.6) is 23.1 Å². The van der Waals surface area contributed by atoms with Crippen LogP contribution < -0.4 is 19.8 Å². The van der Waals surface area contributed by atoms with Gasteiger partial charge in [-0.15, -0.1) is 0 Å². The highest BCUT2D eigenvalue weighted by atomic mass is 19.1. The van der Waals surface area contributed by atoms with Gasteiger partial charge in [0.2, 0.25) is 5.88 Å². The molecule has 0 unspecified atom stereocenters. The van der Waals surface area contributed by atoms with Crippen molar-refractivity contribution >= 4 is 16.7 Å². The van der Waals surface area contributed by atoms with Crippen LogP contribution in [0.1, 0.15) is 40.0 Å². The number of ether oxygens (including phenoxy) is 3. The zero-order valence-corrected chi connectivity index (χ0v) is 26.0. The first-order valence-electron chi connectivity index (χ1n) is 15.5. The van der Waals surface area contributed by atoms with Crippen molar-refractivity contribution in [2.24, 2.45) is 0 Å². The first-order chi connectivity index (χ1) is 23.4. The van der Waals surface area contributed by atoms with E-state index in [4.69, 9.17) is 14.2 Å². The molecule has 242 valence electrons. The number of hydrogen-bond acceptors (Lipinski definition) is 7. The topological polar surface area (TPSA) is 97.5 Å². The van der Waals surface area contributed by atoms with E-state index in [1.165, 1.54) is 6.33 Å². The maximum absolute atomic E-state index is 14.7. The van der Waals surface area contributed by atoms with E-state index in [-0.39, 0.29) is 17.7 Å². The molecule has 7 rings (SSSR count). The number of aromatic nitrogens is 4. The molecule has 4 aromatic carbocycles. The van der Waals surface area contributed by atoms with E-state index in [0.29, 0.717) is 64.9 Å². The summed E-state index contributed by atoms with van der Waals surface area (Å²) in [5.41, 5.74) is 1.95. The highest BCUT2D eigenvalue weighted by Crippen LogP contribution is 2.36. The molecule has 6 aromatic rings. The second-order valence-electron chi connectivity index (χ2n) is 11.4. The molecule has 0 N–H and O–H groups in total. The van der Waals surface area contributed by atoms with Gasteiger partial charge in [-0.05, 0) is 60.7 Å². The van der Waals surface area contributed by atoms with Gasteiger partial charge < -0.3 is 14.2 Å². The van der Waals surface area contributed by atoms with Crippen molar-refractivity contribution in [1.82, 2.24) is 19.3 Å². The lowest BCUT2D eigenvalue weighted by atomic mass is 9.99. The van der Waals surface area contributed by atoms with Gasteiger partial charge >= 0.3 is 0 Å². The average Bonchev–Trinajstić information content (AvgIpc) is 3.40. The van der Waals surface area contributed by atoms with E-state index in [9.17, 15) is 18.4 Å². The van der Waals surface area contributed by atoms with Crippen molar-refractivity contribution in [1.29, 1.82) is 0 Å². The van der Waals surface area contributed by atoms with E-state index in [1.807, 2.05) is 30.3 Å². The number of Topliss-reactive ketones (excluding diaryl/α,β-unsaturated/α-hetero) is 1. The Morgan fingerprint density at radius 3 is 2.50 bits per heavy atom. The van der Waals surface area contributed by atoms with Crippen molar-refractivity contribution < 1.29 is 27.8 Å². The van der Waals surface area contributed by atoms with Gasteiger partial charge in [0.25, 0.3) is 5.56 Å². The number of nitrogens with zero attached hydrogens (tertiary/aromatic N) is 4. The molecular weight excluding hydrogens is 618 g/mol. The van der Waals surface area contributed by atoms with Gasteiger partial charge in [-0.25, -0.2) is 23.4 Å². The molecule has 0 saturated carbocycles. The zero-order valence-electron chi connectivity index (χ0n) is 26.0. The Balaban J connectivity index is 1.11. The molecule has 0 saturated heterocycles. The molecule has 0 radical (unpaired) electrons. The van der Waals surface area contributed by atoms with Crippen LogP contribution in [0.15, 0.2) is 96.1 Å². The van der Waals surface area contributed by atoms with Gasteiger partial charge in [-0.2, -0.15) is 0 Å². The summed E-state index contributed by atoms with van der Waals surface area (Å²) < 4.78 is 49.2. The van der Waals surface area contributed by atoms with Crippen LogP contribution in [0.2, 0.25) is 0 Å². The van der Waals surface area contributed by atoms with Crippen molar-refractivity contribution in [2.45, 2.75) is 38.8 Å². The van der Waals surface area contributed by atoms with E-state index in [1.54, 1.807) is 48.2 Å². The summed E-state index contributed by atoms with van der Waals surface area (Å²) >= 11 is 0. The van der Waals surface area contributed by atoms with Crippen LogP contribution in [0.3, 0.4) is 0 Å². The fourth-order valence-electron chi connectivity index (χ4n) is 5.99.